The van der Waals surface area contributed by atoms with Crippen LogP contribution >= 0.6 is 0 Å². The molecule has 0 bridgehead atoms. The highest BCUT2D eigenvalue weighted by atomic mass is 32.2. The van der Waals surface area contributed by atoms with Gasteiger partial charge in [-0.15, -0.1) is 0 Å². The van der Waals surface area contributed by atoms with Gasteiger partial charge < -0.3 is 15.0 Å². The Balaban J connectivity index is 2.64. The van der Waals surface area contributed by atoms with Crippen molar-refractivity contribution in [2.75, 3.05) is 38.2 Å². The first-order chi connectivity index (χ1) is 11.5. The molecular weight excluding hydrogens is 342 g/mol. The smallest absolute Gasteiger partial charge is 0.233 e. The molecular formula is C17H29N3O4S. The van der Waals surface area contributed by atoms with Crippen LogP contribution in [0.3, 0.4) is 0 Å². The summed E-state index contributed by atoms with van der Waals surface area (Å²) in [4.78, 5) is 14.2. The minimum atomic E-state index is -3.65. The molecule has 1 unspecified atom stereocenters. The van der Waals surface area contributed by atoms with Crippen LogP contribution in [0.25, 0.3) is 0 Å². The molecule has 1 rings (SSSR count). The van der Waals surface area contributed by atoms with Gasteiger partial charge in [-0.2, -0.15) is 0 Å². The number of amides is 1. The van der Waals surface area contributed by atoms with Crippen LogP contribution in [0, 0.1) is 5.92 Å². The standard InChI is InChI=1S/C17H29N3O4S/c1-13(16(21)18-12-17(2,3)20(4)5)11-25(22,23)19-14-8-7-9-15(10-14)24-6/h7-10,13,19H,11-12H2,1-6H3,(H,18,21). The van der Waals surface area contributed by atoms with Gasteiger partial charge in [0.05, 0.1) is 24.5 Å². The fraction of sp³-hybridized carbons (Fsp3) is 0.588. The Morgan fingerprint density at radius 3 is 2.52 bits per heavy atom. The van der Waals surface area contributed by atoms with E-state index in [0.717, 1.165) is 0 Å². The van der Waals surface area contributed by atoms with Crippen molar-refractivity contribution in [3.63, 3.8) is 0 Å². The summed E-state index contributed by atoms with van der Waals surface area (Å²) in [5.74, 6) is -0.692. The molecule has 0 aliphatic carbocycles. The Bertz CT molecular complexity index is 687. The molecule has 2 N–H and O–H groups in total. The van der Waals surface area contributed by atoms with Crippen molar-refractivity contribution in [2.24, 2.45) is 5.92 Å². The van der Waals surface area contributed by atoms with E-state index in [1.54, 1.807) is 31.2 Å². The maximum atomic E-state index is 12.3. The van der Waals surface area contributed by atoms with Crippen LogP contribution in [-0.4, -0.2) is 58.3 Å². The predicted octanol–water partition coefficient (Wildman–Crippen LogP) is 1.53. The highest BCUT2D eigenvalue weighted by Crippen LogP contribution is 2.18. The van der Waals surface area contributed by atoms with Crippen LogP contribution in [0.5, 0.6) is 5.75 Å². The van der Waals surface area contributed by atoms with Gasteiger partial charge in [-0.1, -0.05) is 13.0 Å². The zero-order chi connectivity index (χ0) is 19.3. The van der Waals surface area contributed by atoms with E-state index in [0.29, 0.717) is 18.0 Å². The second-order valence-electron chi connectivity index (χ2n) is 6.94. The van der Waals surface area contributed by atoms with E-state index in [1.165, 1.54) is 7.11 Å². The number of nitrogens with zero attached hydrogens (tertiary/aromatic N) is 1. The minimum absolute atomic E-state index is 0.215. The number of hydrogen-bond acceptors (Lipinski definition) is 5. The van der Waals surface area contributed by atoms with Crippen LogP contribution in [0.15, 0.2) is 24.3 Å². The number of anilines is 1. The first kappa shape index (κ1) is 21.2. The second kappa shape index (κ2) is 8.53. The summed E-state index contributed by atoms with van der Waals surface area (Å²) in [6.07, 6.45) is 0. The van der Waals surface area contributed by atoms with Gasteiger partial charge in [0.25, 0.3) is 0 Å². The van der Waals surface area contributed by atoms with E-state index >= 15 is 0 Å². The SMILES string of the molecule is COc1cccc(NS(=O)(=O)CC(C)C(=O)NCC(C)(C)N(C)C)c1. The monoisotopic (exact) mass is 371 g/mol. The molecule has 0 spiro atoms. The highest BCUT2D eigenvalue weighted by Gasteiger charge is 2.25. The lowest BCUT2D eigenvalue weighted by molar-refractivity contribution is -0.124. The summed E-state index contributed by atoms with van der Waals surface area (Å²) in [7, 11) is 1.72. The van der Waals surface area contributed by atoms with Gasteiger partial charge in [-0.25, -0.2) is 8.42 Å². The lowest BCUT2D eigenvalue weighted by Gasteiger charge is -2.33. The zero-order valence-electron chi connectivity index (χ0n) is 15.8. The summed E-state index contributed by atoms with van der Waals surface area (Å²) < 4.78 is 32.1. The summed E-state index contributed by atoms with van der Waals surface area (Å²) >= 11 is 0. The summed E-state index contributed by atoms with van der Waals surface area (Å²) in [6, 6.07) is 6.63. The molecule has 7 nitrogen and oxygen atoms in total. The first-order valence-electron chi connectivity index (χ1n) is 8.06. The molecule has 0 saturated heterocycles. The molecule has 1 atom stereocenters. The average molecular weight is 372 g/mol. The Hall–Kier alpha value is -1.80. The molecule has 142 valence electrons. The van der Waals surface area contributed by atoms with Gasteiger partial charge in [-0.05, 0) is 40.1 Å². The topological polar surface area (TPSA) is 87.7 Å². The van der Waals surface area contributed by atoms with Crippen LogP contribution in [0.2, 0.25) is 0 Å². The maximum Gasteiger partial charge on any atom is 0.233 e. The van der Waals surface area contributed by atoms with Gasteiger partial charge in [0.1, 0.15) is 5.75 Å². The number of benzene rings is 1. The summed E-state index contributed by atoms with van der Waals surface area (Å²) in [5.41, 5.74) is 0.188. The summed E-state index contributed by atoms with van der Waals surface area (Å²) in [5, 5.41) is 2.82. The maximum absolute atomic E-state index is 12.3. The molecule has 0 saturated carbocycles. The van der Waals surface area contributed by atoms with Crippen LogP contribution in [0.4, 0.5) is 5.69 Å². The number of rotatable bonds is 9. The third-order valence-electron chi connectivity index (χ3n) is 4.17. The normalized spacial score (nSPS) is 13.4. The van der Waals surface area contributed by atoms with Crippen LogP contribution in [0.1, 0.15) is 20.8 Å². The van der Waals surface area contributed by atoms with E-state index in [-0.39, 0.29) is 17.2 Å². The number of likely N-dealkylation sites (N-methyl/N-ethyl adjacent to an activating group) is 1. The molecule has 0 heterocycles. The number of sulfonamides is 1. The fourth-order valence-corrected chi connectivity index (χ4v) is 3.33. The molecule has 0 aliphatic rings. The number of carbonyl (C=O) groups is 1. The van der Waals surface area contributed by atoms with E-state index in [1.807, 2.05) is 32.8 Å². The minimum Gasteiger partial charge on any atom is -0.497 e. The Morgan fingerprint density at radius 2 is 1.96 bits per heavy atom. The average Bonchev–Trinajstić information content (AvgIpc) is 2.51. The molecule has 8 heteroatoms. The number of ether oxygens (including phenoxy) is 1. The Morgan fingerprint density at radius 1 is 1.32 bits per heavy atom. The van der Waals surface area contributed by atoms with Crippen molar-refractivity contribution in [1.29, 1.82) is 0 Å². The zero-order valence-corrected chi connectivity index (χ0v) is 16.6. The van der Waals surface area contributed by atoms with E-state index in [2.05, 4.69) is 10.0 Å². The van der Waals surface area contributed by atoms with Gasteiger partial charge >= 0.3 is 0 Å². The van der Waals surface area contributed by atoms with Crippen molar-refractivity contribution in [2.45, 2.75) is 26.3 Å². The molecule has 1 aromatic carbocycles. The van der Waals surface area contributed by atoms with Crippen LogP contribution in [-0.2, 0) is 14.8 Å². The Labute approximate surface area is 150 Å². The number of carbonyl (C=O) groups excluding carboxylic acids is 1. The molecule has 1 aromatic rings. The number of methoxy groups -OCH3 is 1. The molecule has 0 aliphatic heterocycles. The summed E-state index contributed by atoms with van der Waals surface area (Å²) in [6.45, 7) is 6.04. The molecule has 0 radical (unpaired) electrons. The van der Waals surface area contributed by atoms with Crippen molar-refractivity contribution in [3.05, 3.63) is 24.3 Å². The third kappa shape index (κ3) is 6.91. The Kier molecular flexibility index (Phi) is 7.25. The third-order valence-corrected chi connectivity index (χ3v) is 5.65. The lowest BCUT2D eigenvalue weighted by Crippen LogP contribution is -2.49. The van der Waals surface area contributed by atoms with Crippen LogP contribution < -0.4 is 14.8 Å². The van der Waals surface area contributed by atoms with Crippen molar-refractivity contribution in [1.82, 2.24) is 10.2 Å². The van der Waals surface area contributed by atoms with Gasteiger partial charge in [0.2, 0.25) is 15.9 Å². The number of hydrogen-bond donors (Lipinski definition) is 2. The van der Waals surface area contributed by atoms with E-state index in [4.69, 9.17) is 4.74 Å². The van der Waals surface area contributed by atoms with Crippen molar-refractivity contribution < 1.29 is 17.9 Å². The molecule has 0 fully saturated rings. The second-order valence-corrected chi connectivity index (χ2v) is 8.71. The number of nitrogens with one attached hydrogen (secondary N) is 2. The molecule has 0 aromatic heterocycles. The largest absolute Gasteiger partial charge is 0.497 e. The molecule has 1 amide bonds. The highest BCUT2D eigenvalue weighted by molar-refractivity contribution is 7.92. The first-order valence-corrected chi connectivity index (χ1v) is 9.72. The van der Waals surface area contributed by atoms with E-state index < -0.39 is 15.9 Å². The van der Waals surface area contributed by atoms with Crippen molar-refractivity contribution >= 4 is 21.6 Å². The van der Waals surface area contributed by atoms with Crippen molar-refractivity contribution in [3.8, 4) is 5.75 Å². The van der Waals surface area contributed by atoms with E-state index in [9.17, 15) is 13.2 Å². The fourth-order valence-electron chi connectivity index (χ4n) is 1.95. The van der Waals surface area contributed by atoms with Gasteiger partial charge in [0, 0.05) is 18.2 Å². The lowest BCUT2D eigenvalue weighted by atomic mass is 10.0. The van der Waals surface area contributed by atoms with Gasteiger partial charge in [-0.3, -0.25) is 9.52 Å². The van der Waals surface area contributed by atoms with Gasteiger partial charge in [0.15, 0.2) is 0 Å². The quantitative estimate of drug-likeness (QED) is 0.687. The predicted molar refractivity (Wildman–Crippen MR) is 100 cm³/mol. The molecule has 25 heavy (non-hydrogen) atoms.